The summed E-state index contributed by atoms with van der Waals surface area (Å²) in [4.78, 5) is 0. The van der Waals surface area contributed by atoms with Gasteiger partial charge in [-0.1, -0.05) is 38.3 Å². The minimum Gasteiger partial charge on any atom is -0.118 e. The molecule has 0 aromatic heterocycles. The number of allylic oxidation sites excluding steroid dienone is 1. The predicted molar refractivity (Wildman–Crippen MR) is 48.6 cm³/mol. The molecule has 10 heavy (non-hydrogen) atoms. The topological polar surface area (TPSA) is 0 Å². The molecule has 0 saturated carbocycles. The molecule has 0 rings (SSSR count). The zero-order chi connectivity index (χ0) is 7.98. The Morgan fingerprint density at radius 1 is 1.50 bits per heavy atom. The average Bonchev–Trinajstić information content (AvgIpc) is 1.88. The van der Waals surface area contributed by atoms with Gasteiger partial charge < -0.3 is 0 Å². The van der Waals surface area contributed by atoms with Crippen molar-refractivity contribution in [2.75, 3.05) is 0 Å². The summed E-state index contributed by atoms with van der Waals surface area (Å²) in [6.07, 6.45) is 4.87. The third-order valence-corrected chi connectivity index (χ3v) is 2.19. The lowest BCUT2D eigenvalue weighted by Crippen LogP contribution is -1.98. The summed E-state index contributed by atoms with van der Waals surface area (Å²) in [5.41, 5.74) is 1.10. The predicted octanol–water partition coefficient (Wildman–Crippen LogP) is 3.75. The van der Waals surface area contributed by atoms with Gasteiger partial charge in [-0.3, -0.25) is 0 Å². The van der Waals surface area contributed by atoms with Crippen LogP contribution in [0.5, 0.6) is 0 Å². The van der Waals surface area contributed by atoms with Crippen molar-refractivity contribution in [1.29, 1.82) is 0 Å². The monoisotopic (exact) mass is 160 g/mol. The van der Waals surface area contributed by atoms with Crippen LogP contribution in [0.1, 0.15) is 39.5 Å². The van der Waals surface area contributed by atoms with Crippen LogP contribution in [0.4, 0.5) is 0 Å². The fraction of sp³-hybridized carbons (Fsp3) is 0.778. The first-order chi connectivity index (χ1) is 4.68. The smallest absolute Gasteiger partial charge is 0.0540 e. The van der Waals surface area contributed by atoms with E-state index in [1.807, 2.05) is 6.92 Å². The van der Waals surface area contributed by atoms with Gasteiger partial charge in [0.1, 0.15) is 0 Å². The summed E-state index contributed by atoms with van der Waals surface area (Å²) in [6, 6.07) is 0. The van der Waals surface area contributed by atoms with Crippen LogP contribution in [0.25, 0.3) is 0 Å². The van der Waals surface area contributed by atoms with Crippen LogP contribution in [-0.2, 0) is 0 Å². The number of rotatable bonds is 5. The molecule has 1 heteroatoms. The Balaban J connectivity index is 3.21. The van der Waals surface area contributed by atoms with Crippen molar-refractivity contribution in [3.63, 3.8) is 0 Å². The zero-order valence-corrected chi connectivity index (χ0v) is 7.75. The van der Waals surface area contributed by atoms with Crippen molar-refractivity contribution < 1.29 is 0 Å². The highest BCUT2D eigenvalue weighted by Crippen LogP contribution is 2.14. The fourth-order valence-corrected chi connectivity index (χ4v) is 0.974. The molecule has 0 aliphatic heterocycles. The van der Waals surface area contributed by atoms with E-state index >= 15 is 0 Å². The minimum atomic E-state index is 0.201. The molecule has 0 aromatic rings. The Kier molecular flexibility index (Phi) is 5.81. The average molecular weight is 161 g/mol. The SMILES string of the molecule is C=C(C)[C@H](Cl)CCCCC. The lowest BCUT2D eigenvalue weighted by Gasteiger charge is -2.06. The van der Waals surface area contributed by atoms with Gasteiger partial charge in [0.25, 0.3) is 0 Å². The summed E-state index contributed by atoms with van der Waals surface area (Å²) < 4.78 is 0. The minimum absolute atomic E-state index is 0.201. The van der Waals surface area contributed by atoms with Crippen LogP contribution < -0.4 is 0 Å². The summed E-state index contributed by atoms with van der Waals surface area (Å²) >= 11 is 5.95. The maximum atomic E-state index is 5.95. The summed E-state index contributed by atoms with van der Waals surface area (Å²) in [6.45, 7) is 7.99. The molecular formula is C9H17Cl. The van der Waals surface area contributed by atoms with Gasteiger partial charge in [-0.05, 0) is 13.3 Å². The second-order valence-electron chi connectivity index (χ2n) is 2.81. The standard InChI is InChI=1S/C9H17Cl/c1-4-5-6-7-9(10)8(2)3/h9H,2,4-7H2,1,3H3/t9-/m1/s1. The summed E-state index contributed by atoms with van der Waals surface area (Å²) in [5, 5.41) is 0.201. The van der Waals surface area contributed by atoms with Crippen molar-refractivity contribution in [3.8, 4) is 0 Å². The van der Waals surface area contributed by atoms with Gasteiger partial charge in [-0.2, -0.15) is 0 Å². The molecule has 0 heterocycles. The van der Waals surface area contributed by atoms with Crippen LogP contribution in [0.3, 0.4) is 0 Å². The second kappa shape index (κ2) is 5.79. The van der Waals surface area contributed by atoms with Gasteiger partial charge in [0.15, 0.2) is 0 Å². The first-order valence-electron chi connectivity index (χ1n) is 3.98. The molecule has 0 aliphatic carbocycles. The lowest BCUT2D eigenvalue weighted by molar-refractivity contribution is 0.669. The second-order valence-corrected chi connectivity index (χ2v) is 3.34. The van der Waals surface area contributed by atoms with Gasteiger partial charge in [-0.15, -0.1) is 11.6 Å². The highest BCUT2D eigenvalue weighted by Gasteiger charge is 2.02. The molecular weight excluding hydrogens is 144 g/mol. The van der Waals surface area contributed by atoms with Gasteiger partial charge >= 0.3 is 0 Å². The fourth-order valence-electron chi connectivity index (χ4n) is 0.820. The third-order valence-electron chi connectivity index (χ3n) is 1.60. The normalized spacial score (nSPS) is 13.1. The molecule has 0 nitrogen and oxygen atoms in total. The first kappa shape index (κ1) is 10.0. The highest BCUT2D eigenvalue weighted by atomic mass is 35.5. The first-order valence-corrected chi connectivity index (χ1v) is 4.41. The van der Waals surface area contributed by atoms with Crippen LogP contribution in [0, 0.1) is 0 Å². The Labute approximate surface area is 69.3 Å². The van der Waals surface area contributed by atoms with Gasteiger partial charge in [0, 0.05) is 0 Å². The lowest BCUT2D eigenvalue weighted by atomic mass is 10.1. The van der Waals surface area contributed by atoms with E-state index in [4.69, 9.17) is 11.6 Å². The van der Waals surface area contributed by atoms with Crippen LogP contribution in [0.15, 0.2) is 12.2 Å². The molecule has 0 bridgehead atoms. The molecule has 0 N–H and O–H groups in total. The largest absolute Gasteiger partial charge is 0.118 e. The van der Waals surface area contributed by atoms with Crippen LogP contribution in [0.2, 0.25) is 0 Å². The van der Waals surface area contributed by atoms with E-state index in [1.54, 1.807) is 0 Å². The molecule has 1 atom stereocenters. The molecule has 0 amide bonds. The van der Waals surface area contributed by atoms with Crippen molar-refractivity contribution in [1.82, 2.24) is 0 Å². The number of alkyl halides is 1. The van der Waals surface area contributed by atoms with E-state index in [-0.39, 0.29) is 5.38 Å². The zero-order valence-electron chi connectivity index (χ0n) is 6.99. The number of unbranched alkanes of at least 4 members (excludes halogenated alkanes) is 2. The Bertz CT molecular complexity index is 96.9. The molecule has 0 spiro atoms. The molecule has 0 aromatic carbocycles. The molecule has 0 fully saturated rings. The van der Waals surface area contributed by atoms with E-state index in [0.29, 0.717) is 0 Å². The van der Waals surface area contributed by atoms with E-state index < -0.39 is 0 Å². The number of hydrogen-bond acceptors (Lipinski definition) is 0. The summed E-state index contributed by atoms with van der Waals surface area (Å²) in [7, 11) is 0. The van der Waals surface area contributed by atoms with Gasteiger partial charge in [0.05, 0.1) is 5.38 Å². The maximum Gasteiger partial charge on any atom is 0.0540 e. The van der Waals surface area contributed by atoms with Gasteiger partial charge in [-0.25, -0.2) is 0 Å². The number of halogens is 1. The van der Waals surface area contributed by atoms with Crippen LogP contribution >= 0.6 is 11.6 Å². The van der Waals surface area contributed by atoms with Gasteiger partial charge in [0.2, 0.25) is 0 Å². The third kappa shape index (κ3) is 4.87. The summed E-state index contributed by atoms with van der Waals surface area (Å²) in [5.74, 6) is 0. The van der Waals surface area contributed by atoms with Crippen molar-refractivity contribution >= 4 is 11.6 Å². The molecule has 0 unspecified atom stereocenters. The van der Waals surface area contributed by atoms with E-state index in [1.165, 1.54) is 19.3 Å². The maximum absolute atomic E-state index is 5.95. The van der Waals surface area contributed by atoms with Crippen molar-refractivity contribution in [3.05, 3.63) is 12.2 Å². The molecule has 60 valence electrons. The Morgan fingerprint density at radius 3 is 2.50 bits per heavy atom. The van der Waals surface area contributed by atoms with Crippen molar-refractivity contribution in [2.24, 2.45) is 0 Å². The van der Waals surface area contributed by atoms with Crippen LogP contribution in [-0.4, -0.2) is 5.38 Å². The van der Waals surface area contributed by atoms with E-state index in [0.717, 1.165) is 12.0 Å². The Morgan fingerprint density at radius 2 is 2.10 bits per heavy atom. The highest BCUT2D eigenvalue weighted by molar-refractivity contribution is 6.22. The van der Waals surface area contributed by atoms with Crippen molar-refractivity contribution in [2.45, 2.75) is 44.9 Å². The molecule has 0 saturated heterocycles. The number of hydrogen-bond donors (Lipinski definition) is 0. The molecule has 0 radical (unpaired) electrons. The van der Waals surface area contributed by atoms with E-state index in [9.17, 15) is 0 Å². The quantitative estimate of drug-likeness (QED) is 0.327. The van der Waals surface area contributed by atoms with E-state index in [2.05, 4.69) is 13.5 Å². The Hall–Kier alpha value is 0.0300. The molecule has 0 aliphatic rings.